The molecule has 1 aromatic heterocycles. The van der Waals surface area contributed by atoms with E-state index in [1.54, 1.807) is 24.3 Å². The fraction of sp³-hybridized carbons (Fsp3) is 0.133. The van der Waals surface area contributed by atoms with Gasteiger partial charge in [0, 0.05) is 23.7 Å². The predicted molar refractivity (Wildman–Crippen MR) is 89.1 cm³/mol. The van der Waals surface area contributed by atoms with E-state index in [-0.39, 0.29) is 17.4 Å². The molecule has 0 radical (unpaired) electrons. The Balaban J connectivity index is 1.96. The molecular weight excluding hydrogens is 355 g/mol. The van der Waals surface area contributed by atoms with Gasteiger partial charge in [-0.25, -0.2) is 4.79 Å². The normalized spacial score (nSPS) is 10.8. The molecule has 0 aliphatic carbocycles. The predicted octanol–water partition coefficient (Wildman–Crippen LogP) is 2.56. The molecule has 3 aromatic rings. The Morgan fingerprint density at radius 2 is 1.96 bits per heavy atom. The van der Waals surface area contributed by atoms with Gasteiger partial charge in [0.1, 0.15) is 18.1 Å². The van der Waals surface area contributed by atoms with Crippen LogP contribution in [0.15, 0.2) is 41.2 Å². The van der Waals surface area contributed by atoms with Crippen molar-refractivity contribution in [2.24, 2.45) is 7.05 Å². The lowest BCUT2D eigenvalue weighted by Gasteiger charge is -2.12. The number of benzene rings is 2. The molecule has 2 aromatic carbocycles. The number of phenols is 1. The van der Waals surface area contributed by atoms with Crippen LogP contribution in [-0.4, -0.2) is 24.9 Å². The van der Waals surface area contributed by atoms with Gasteiger partial charge in [0.2, 0.25) is 0 Å². The number of aromatic nitrogens is 4. The second kappa shape index (κ2) is 6.54. The van der Waals surface area contributed by atoms with Gasteiger partial charge >= 0.3 is 5.69 Å². The smallest absolute Gasteiger partial charge is 0.368 e. The SMILES string of the molecule is Cn1nnn(-c2cccc(Cl)c2COc2ccc(O)cc2Cl)c1=O. The third-order valence-electron chi connectivity index (χ3n) is 3.33. The molecule has 0 atom stereocenters. The minimum Gasteiger partial charge on any atom is -0.508 e. The average molecular weight is 367 g/mol. The molecule has 9 heteroatoms. The molecule has 7 nitrogen and oxygen atoms in total. The van der Waals surface area contributed by atoms with E-state index in [4.69, 9.17) is 27.9 Å². The second-order valence-corrected chi connectivity index (χ2v) is 5.75. The number of hydrogen-bond donors (Lipinski definition) is 1. The number of phenolic OH excluding ortho intramolecular Hbond substituents is 1. The van der Waals surface area contributed by atoms with E-state index < -0.39 is 5.69 Å². The zero-order valence-corrected chi connectivity index (χ0v) is 14.0. The highest BCUT2D eigenvalue weighted by Crippen LogP contribution is 2.30. The number of ether oxygens (including phenoxy) is 1. The summed E-state index contributed by atoms with van der Waals surface area (Å²) in [5, 5.41) is 17.6. The van der Waals surface area contributed by atoms with Gasteiger partial charge in [-0.05, 0) is 34.7 Å². The molecule has 0 fully saturated rings. The van der Waals surface area contributed by atoms with Crippen molar-refractivity contribution >= 4 is 23.2 Å². The van der Waals surface area contributed by atoms with Gasteiger partial charge in [-0.1, -0.05) is 29.3 Å². The van der Waals surface area contributed by atoms with Crippen LogP contribution in [-0.2, 0) is 13.7 Å². The van der Waals surface area contributed by atoms with Crippen molar-refractivity contribution in [3.63, 3.8) is 0 Å². The van der Waals surface area contributed by atoms with Crippen molar-refractivity contribution in [3.05, 3.63) is 62.5 Å². The number of hydrogen-bond acceptors (Lipinski definition) is 5. The largest absolute Gasteiger partial charge is 0.508 e. The third-order valence-corrected chi connectivity index (χ3v) is 3.98. The summed E-state index contributed by atoms with van der Waals surface area (Å²) in [5.74, 6) is 0.420. The van der Waals surface area contributed by atoms with E-state index in [1.165, 1.54) is 19.2 Å². The summed E-state index contributed by atoms with van der Waals surface area (Å²) in [5.41, 5.74) is 0.627. The molecule has 0 spiro atoms. The molecule has 0 saturated carbocycles. The summed E-state index contributed by atoms with van der Waals surface area (Å²) in [6.07, 6.45) is 0. The summed E-state index contributed by atoms with van der Waals surface area (Å²) >= 11 is 12.3. The van der Waals surface area contributed by atoms with Crippen LogP contribution in [0.25, 0.3) is 5.69 Å². The maximum atomic E-state index is 12.1. The monoisotopic (exact) mass is 366 g/mol. The number of rotatable bonds is 4. The van der Waals surface area contributed by atoms with E-state index >= 15 is 0 Å². The highest BCUT2D eigenvalue weighted by molar-refractivity contribution is 6.32. The zero-order chi connectivity index (χ0) is 17.3. The highest BCUT2D eigenvalue weighted by Gasteiger charge is 2.15. The average Bonchev–Trinajstić information content (AvgIpc) is 2.87. The van der Waals surface area contributed by atoms with Gasteiger partial charge in [-0.15, -0.1) is 0 Å². The molecule has 0 saturated heterocycles. The quantitative estimate of drug-likeness (QED) is 0.767. The molecular formula is C15H12Cl2N4O3. The fourth-order valence-corrected chi connectivity index (χ4v) is 2.56. The van der Waals surface area contributed by atoms with Gasteiger partial charge in [0.25, 0.3) is 0 Å². The van der Waals surface area contributed by atoms with E-state index in [2.05, 4.69) is 10.4 Å². The van der Waals surface area contributed by atoms with E-state index in [9.17, 15) is 9.90 Å². The Morgan fingerprint density at radius 1 is 1.17 bits per heavy atom. The summed E-state index contributed by atoms with van der Waals surface area (Å²) in [6.45, 7) is 0.0581. The molecule has 0 bridgehead atoms. The van der Waals surface area contributed by atoms with Gasteiger partial charge in [-0.2, -0.15) is 9.36 Å². The molecule has 24 heavy (non-hydrogen) atoms. The van der Waals surface area contributed by atoms with Crippen molar-refractivity contribution in [1.82, 2.24) is 19.8 Å². The fourth-order valence-electron chi connectivity index (χ4n) is 2.11. The summed E-state index contributed by atoms with van der Waals surface area (Å²) < 4.78 is 7.92. The van der Waals surface area contributed by atoms with Crippen LogP contribution in [0, 0.1) is 0 Å². The first kappa shape index (κ1) is 16.4. The Morgan fingerprint density at radius 3 is 2.62 bits per heavy atom. The summed E-state index contributed by atoms with van der Waals surface area (Å²) in [6, 6.07) is 9.46. The van der Waals surface area contributed by atoms with Crippen LogP contribution < -0.4 is 10.4 Å². The van der Waals surface area contributed by atoms with Gasteiger partial charge in [0.15, 0.2) is 0 Å². The summed E-state index contributed by atoms with van der Waals surface area (Å²) in [7, 11) is 1.50. The van der Waals surface area contributed by atoms with E-state index in [0.29, 0.717) is 22.0 Å². The van der Waals surface area contributed by atoms with Gasteiger partial charge < -0.3 is 9.84 Å². The Labute approximate surface area is 146 Å². The lowest BCUT2D eigenvalue weighted by atomic mass is 10.2. The number of halogens is 2. The molecule has 1 heterocycles. The maximum absolute atomic E-state index is 12.1. The summed E-state index contributed by atoms with van der Waals surface area (Å²) in [4.78, 5) is 12.1. The van der Waals surface area contributed by atoms with E-state index in [0.717, 1.165) is 9.36 Å². The van der Waals surface area contributed by atoms with Crippen LogP contribution in [0.2, 0.25) is 10.0 Å². The lowest BCUT2D eigenvalue weighted by molar-refractivity contribution is 0.305. The zero-order valence-electron chi connectivity index (χ0n) is 12.5. The Bertz CT molecular complexity index is 952. The second-order valence-electron chi connectivity index (χ2n) is 4.94. The molecule has 0 aliphatic rings. The maximum Gasteiger partial charge on any atom is 0.368 e. The molecule has 124 valence electrons. The first-order chi connectivity index (χ1) is 11.5. The highest BCUT2D eigenvalue weighted by atomic mass is 35.5. The van der Waals surface area contributed by atoms with Crippen molar-refractivity contribution in [2.75, 3.05) is 0 Å². The van der Waals surface area contributed by atoms with Crippen LogP contribution in [0.4, 0.5) is 0 Å². The first-order valence-electron chi connectivity index (χ1n) is 6.85. The molecule has 1 N–H and O–H groups in total. The molecule has 0 aliphatic heterocycles. The number of aromatic hydroxyl groups is 1. The minimum absolute atomic E-state index is 0.0388. The third kappa shape index (κ3) is 3.08. The molecule has 0 unspecified atom stereocenters. The topological polar surface area (TPSA) is 82.2 Å². The van der Waals surface area contributed by atoms with Crippen LogP contribution in [0.5, 0.6) is 11.5 Å². The minimum atomic E-state index is -0.402. The standard InChI is InChI=1S/C15H12Cl2N4O3/c1-20-15(23)21(19-18-20)13-4-2-3-11(16)10(13)8-24-14-6-5-9(22)7-12(14)17/h2-7,22H,8H2,1H3. The molecule has 3 rings (SSSR count). The van der Waals surface area contributed by atoms with Crippen molar-refractivity contribution in [3.8, 4) is 17.2 Å². The van der Waals surface area contributed by atoms with Crippen LogP contribution in [0.1, 0.15) is 5.56 Å². The molecule has 0 amide bonds. The van der Waals surface area contributed by atoms with Crippen molar-refractivity contribution < 1.29 is 9.84 Å². The van der Waals surface area contributed by atoms with Crippen molar-refractivity contribution in [1.29, 1.82) is 0 Å². The Kier molecular flexibility index (Phi) is 4.46. The van der Waals surface area contributed by atoms with Crippen molar-refractivity contribution in [2.45, 2.75) is 6.61 Å². The number of aryl methyl sites for hydroxylation is 1. The number of tetrazole rings is 1. The van der Waals surface area contributed by atoms with Gasteiger partial charge in [0.05, 0.1) is 10.7 Å². The lowest BCUT2D eigenvalue weighted by Crippen LogP contribution is -2.23. The first-order valence-corrected chi connectivity index (χ1v) is 7.61. The van der Waals surface area contributed by atoms with Crippen LogP contribution in [0.3, 0.4) is 0 Å². The number of nitrogens with zero attached hydrogens (tertiary/aromatic N) is 4. The van der Waals surface area contributed by atoms with Gasteiger partial charge in [-0.3, -0.25) is 0 Å². The van der Waals surface area contributed by atoms with Crippen LogP contribution >= 0.6 is 23.2 Å². The van der Waals surface area contributed by atoms with E-state index in [1.807, 2.05) is 0 Å². The Hall–Kier alpha value is -2.51.